The average molecular weight is 406 g/mol. The fourth-order valence-corrected chi connectivity index (χ4v) is 3.23. The van der Waals surface area contributed by atoms with E-state index < -0.39 is 0 Å². The molecule has 3 heterocycles. The molecule has 0 radical (unpaired) electrons. The maximum Gasteiger partial charge on any atom is 0.346 e. The second kappa shape index (κ2) is 10.1. The Morgan fingerprint density at radius 3 is 2.58 bits per heavy atom. The minimum absolute atomic E-state index is 0. The maximum absolute atomic E-state index is 12.6. The molecule has 1 saturated heterocycles. The van der Waals surface area contributed by atoms with Crippen LogP contribution >= 0.6 is 24.8 Å². The van der Waals surface area contributed by atoms with Crippen LogP contribution in [0.1, 0.15) is 56.8 Å². The van der Waals surface area contributed by atoms with Gasteiger partial charge >= 0.3 is 5.69 Å². The molecule has 7 nitrogen and oxygen atoms in total. The topological polar surface area (TPSA) is 77.9 Å². The third-order valence-corrected chi connectivity index (χ3v) is 4.70. The van der Waals surface area contributed by atoms with Gasteiger partial charge in [0.1, 0.15) is 17.3 Å². The van der Waals surface area contributed by atoms with Crippen molar-refractivity contribution in [2.45, 2.75) is 59.0 Å². The molecule has 0 unspecified atom stereocenters. The van der Waals surface area contributed by atoms with E-state index in [1.54, 1.807) is 4.57 Å². The lowest BCUT2D eigenvalue weighted by molar-refractivity contribution is 0.360. The van der Waals surface area contributed by atoms with Crippen molar-refractivity contribution in [2.75, 3.05) is 13.1 Å². The molecular weight excluding hydrogens is 377 g/mol. The van der Waals surface area contributed by atoms with Crippen molar-refractivity contribution in [1.82, 2.24) is 24.8 Å². The number of aromatic nitrogens is 4. The predicted molar refractivity (Wildman–Crippen MR) is 106 cm³/mol. The highest BCUT2D eigenvalue weighted by Crippen LogP contribution is 2.17. The largest absolute Gasteiger partial charge is 0.361 e. The van der Waals surface area contributed by atoms with Gasteiger partial charge in [0, 0.05) is 24.9 Å². The summed E-state index contributed by atoms with van der Waals surface area (Å²) in [5.41, 5.74) is 0.686. The molecule has 1 aliphatic rings. The zero-order valence-corrected chi connectivity index (χ0v) is 17.2. The molecule has 1 N–H and O–H groups in total. The third-order valence-electron chi connectivity index (χ3n) is 4.70. The standard InChI is InChI=1S/C17H27N5O2.2ClH/c1-4-21-16(9-13-5-7-18-8-6-13)19-22(17(21)23)11-14-10-15(12(2)3)24-20-14;;/h10,12-13,18H,4-9,11H2,1-3H3;2*1H. The summed E-state index contributed by atoms with van der Waals surface area (Å²) in [6, 6.07) is 1.91. The van der Waals surface area contributed by atoms with Gasteiger partial charge in [-0.1, -0.05) is 19.0 Å². The van der Waals surface area contributed by atoms with E-state index in [2.05, 4.69) is 29.4 Å². The van der Waals surface area contributed by atoms with Crippen LogP contribution < -0.4 is 11.0 Å². The zero-order chi connectivity index (χ0) is 17.1. The summed E-state index contributed by atoms with van der Waals surface area (Å²) in [4.78, 5) is 12.6. The Kier molecular flexibility index (Phi) is 8.86. The first-order valence-corrected chi connectivity index (χ1v) is 8.91. The molecular formula is C17H29Cl2N5O2. The Labute approximate surface area is 166 Å². The molecule has 2 aromatic heterocycles. The minimum atomic E-state index is -0.0597. The quantitative estimate of drug-likeness (QED) is 0.798. The summed E-state index contributed by atoms with van der Waals surface area (Å²) in [5, 5.41) is 12.0. The summed E-state index contributed by atoms with van der Waals surface area (Å²) in [6.07, 6.45) is 3.16. The van der Waals surface area contributed by atoms with Crippen LogP contribution in [0, 0.1) is 5.92 Å². The molecule has 1 fully saturated rings. The first-order chi connectivity index (χ1) is 11.6. The molecule has 26 heavy (non-hydrogen) atoms. The fraction of sp³-hybridized carbons (Fsp3) is 0.706. The molecule has 0 amide bonds. The Hall–Kier alpha value is -1.31. The molecule has 0 aliphatic carbocycles. The normalized spacial score (nSPS) is 14.9. The van der Waals surface area contributed by atoms with Crippen molar-refractivity contribution < 1.29 is 4.52 Å². The van der Waals surface area contributed by atoms with Gasteiger partial charge in [0.25, 0.3) is 0 Å². The van der Waals surface area contributed by atoms with Gasteiger partial charge in [-0.3, -0.25) is 4.57 Å². The molecule has 0 atom stereocenters. The van der Waals surface area contributed by atoms with Gasteiger partial charge in [0.15, 0.2) is 0 Å². The Bertz CT molecular complexity index is 732. The van der Waals surface area contributed by atoms with E-state index in [-0.39, 0.29) is 36.4 Å². The summed E-state index contributed by atoms with van der Waals surface area (Å²) in [7, 11) is 0. The molecule has 1 aliphatic heterocycles. The van der Waals surface area contributed by atoms with Gasteiger partial charge in [-0.2, -0.15) is 5.10 Å². The van der Waals surface area contributed by atoms with Crippen molar-refractivity contribution >= 4 is 24.8 Å². The summed E-state index contributed by atoms with van der Waals surface area (Å²) >= 11 is 0. The molecule has 9 heteroatoms. The van der Waals surface area contributed by atoms with Crippen molar-refractivity contribution in [1.29, 1.82) is 0 Å². The summed E-state index contributed by atoms with van der Waals surface area (Å²) in [6.45, 7) is 9.22. The summed E-state index contributed by atoms with van der Waals surface area (Å²) in [5.74, 6) is 2.61. The average Bonchev–Trinajstić information content (AvgIpc) is 3.14. The van der Waals surface area contributed by atoms with Crippen molar-refractivity contribution in [3.63, 3.8) is 0 Å². The lowest BCUT2D eigenvalue weighted by Gasteiger charge is -2.21. The highest BCUT2D eigenvalue weighted by atomic mass is 35.5. The fourth-order valence-electron chi connectivity index (χ4n) is 3.23. The Morgan fingerprint density at radius 1 is 1.31 bits per heavy atom. The SMILES string of the molecule is CCn1c(CC2CCNCC2)nn(Cc2cc(C(C)C)on2)c1=O.Cl.Cl. The van der Waals surface area contributed by atoms with Crippen LogP contribution in [-0.4, -0.2) is 32.6 Å². The van der Waals surface area contributed by atoms with Crippen LogP contribution in [0.5, 0.6) is 0 Å². The van der Waals surface area contributed by atoms with Gasteiger partial charge in [-0.25, -0.2) is 9.48 Å². The minimum Gasteiger partial charge on any atom is -0.361 e. The lowest BCUT2D eigenvalue weighted by atomic mass is 9.94. The number of nitrogens with zero attached hydrogens (tertiary/aromatic N) is 4. The monoisotopic (exact) mass is 405 g/mol. The molecule has 148 valence electrons. The maximum atomic E-state index is 12.6. The number of piperidine rings is 1. The Balaban J connectivity index is 0.00000169. The van der Waals surface area contributed by atoms with Crippen LogP contribution in [0.2, 0.25) is 0 Å². The van der Waals surface area contributed by atoms with Gasteiger partial charge in [0.05, 0.1) is 6.54 Å². The van der Waals surface area contributed by atoms with E-state index >= 15 is 0 Å². The first kappa shape index (κ1) is 22.7. The molecule has 0 aromatic carbocycles. The van der Waals surface area contributed by atoms with E-state index in [9.17, 15) is 4.79 Å². The van der Waals surface area contributed by atoms with Crippen LogP contribution in [0.25, 0.3) is 0 Å². The zero-order valence-electron chi connectivity index (χ0n) is 15.6. The van der Waals surface area contributed by atoms with E-state index in [1.807, 2.05) is 13.0 Å². The van der Waals surface area contributed by atoms with Crippen molar-refractivity contribution in [2.24, 2.45) is 5.92 Å². The van der Waals surface area contributed by atoms with Crippen LogP contribution in [0.4, 0.5) is 0 Å². The third kappa shape index (κ3) is 5.11. The van der Waals surface area contributed by atoms with Crippen LogP contribution in [-0.2, 0) is 19.5 Å². The number of halogens is 2. The van der Waals surface area contributed by atoms with Crippen LogP contribution in [0.15, 0.2) is 15.4 Å². The van der Waals surface area contributed by atoms with Gasteiger partial charge in [-0.05, 0) is 38.8 Å². The molecule has 0 bridgehead atoms. The van der Waals surface area contributed by atoms with E-state index in [0.717, 1.165) is 49.6 Å². The Morgan fingerprint density at radius 2 is 2.00 bits per heavy atom. The number of hydrogen-bond donors (Lipinski definition) is 1. The predicted octanol–water partition coefficient (Wildman–Crippen LogP) is 2.61. The smallest absolute Gasteiger partial charge is 0.346 e. The number of rotatable bonds is 6. The van der Waals surface area contributed by atoms with Crippen molar-refractivity contribution in [3.8, 4) is 0 Å². The second-order valence-corrected chi connectivity index (χ2v) is 6.87. The van der Waals surface area contributed by atoms with Crippen molar-refractivity contribution in [3.05, 3.63) is 33.8 Å². The molecule has 3 rings (SSSR count). The second-order valence-electron chi connectivity index (χ2n) is 6.87. The van der Waals surface area contributed by atoms with E-state index in [1.165, 1.54) is 4.68 Å². The van der Waals surface area contributed by atoms with Crippen LogP contribution in [0.3, 0.4) is 0 Å². The highest BCUT2D eigenvalue weighted by molar-refractivity contribution is 5.85. The summed E-state index contributed by atoms with van der Waals surface area (Å²) < 4.78 is 8.62. The molecule has 2 aromatic rings. The van der Waals surface area contributed by atoms with E-state index in [0.29, 0.717) is 19.0 Å². The number of hydrogen-bond acceptors (Lipinski definition) is 5. The lowest BCUT2D eigenvalue weighted by Crippen LogP contribution is -2.30. The van der Waals surface area contributed by atoms with E-state index in [4.69, 9.17) is 4.52 Å². The molecule has 0 spiro atoms. The molecule has 0 saturated carbocycles. The van der Waals surface area contributed by atoms with Gasteiger partial charge in [0.2, 0.25) is 0 Å². The first-order valence-electron chi connectivity index (χ1n) is 8.91. The van der Waals surface area contributed by atoms with Gasteiger partial charge < -0.3 is 9.84 Å². The number of nitrogens with one attached hydrogen (secondary N) is 1. The van der Waals surface area contributed by atoms with Gasteiger partial charge in [-0.15, -0.1) is 24.8 Å². The highest BCUT2D eigenvalue weighted by Gasteiger charge is 2.20.